The molecule has 0 saturated heterocycles. The van der Waals surface area contributed by atoms with Crippen LogP contribution in [0.4, 0.5) is 4.79 Å². The Bertz CT molecular complexity index is 263. The minimum absolute atomic E-state index is 0.250. The molecule has 0 aromatic rings. The largest absolute Gasteiger partial charge is 0.480 e. The molecule has 0 rings (SSSR count). The Labute approximate surface area is 112 Å². The molecule has 6 nitrogen and oxygen atoms in total. The Balaban J connectivity index is 3.91. The summed E-state index contributed by atoms with van der Waals surface area (Å²) < 4.78 is 4.79. The second kappa shape index (κ2) is 10.0. The number of carboxylic acids is 1. The first-order valence-electron chi connectivity index (χ1n) is 5.80. The predicted molar refractivity (Wildman–Crippen MR) is 72.0 cm³/mol. The van der Waals surface area contributed by atoms with Gasteiger partial charge in [0.25, 0.3) is 0 Å². The molecule has 0 aliphatic rings. The zero-order chi connectivity index (χ0) is 14.0. The van der Waals surface area contributed by atoms with Crippen LogP contribution < -0.4 is 10.6 Å². The zero-order valence-corrected chi connectivity index (χ0v) is 11.9. The number of methoxy groups -OCH3 is 1. The first-order valence-corrected chi connectivity index (χ1v) is 7.09. The molecule has 0 aromatic heterocycles. The molecule has 0 saturated carbocycles. The Morgan fingerprint density at radius 2 is 2.06 bits per heavy atom. The summed E-state index contributed by atoms with van der Waals surface area (Å²) in [6, 6.07) is -1.37. The number of thioether (sulfide) groups is 1. The third-order valence-electron chi connectivity index (χ3n) is 2.45. The Kier molecular flexibility index (Phi) is 9.49. The normalized spacial score (nSPS) is 13.7. The molecule has 106 valence electrons. The average Bonchev–Trinajstić information content (AvgIpc) is 2.33. The van der Waals surface area contributed by atoms with Crippen LogP contribution in [0.3, 0.4) is 0 Å². The van der Waals surface area contributed by atoms with Crippen molar-refractivity contribution in [2.24, 2.45) is 0 Å². The van der Waals surface area contributed by atoms with Crippen LogP contribution >= 0.6 is 11.8 Å². The van der Waals surface area contributed by atoms with Crippen LogP contribution in [0.25, 0.3) is 0 Å². The van der Waals surface area contributed by atoms with Gasteiger partial charge in [-0.25, -0.2) is 9.59 Å². The van der Waals surface area contributed by atoms with Gasteiger partial charge in [-0.3, -0.25) is 0 Å². The minimum Gasteiger partial charge on any atom is -0.480 e. The number of rotatable bonds is 9. The van der Waals surface area contributed by atoms with Crippen molar-refractivity contribution >= 4 is 23.8 Å². The number of carboxylic acid groups (broad SMARTS) is 1. The molecule has 0 fully saturated rings. The highest BCUT2D eigenvalue weighted by atomic mass is 32.2. The lowest BCUT2D eigenvalue weighted by molar-refractivity contribution is -0.139. The molecule has 18 heavy (non-hydrogen) atoms. The van der Waals surface area contributed by atoms with E-state index in [1.807, 2.05) is 6.26 Å². The van der Waals surface area contributed by atoms with Crippen LogP contribution in [0, 0.1) is 0 Å². The van der Waals surface area contributed by atoms with E-state index in [0.717, 1.165) is 6.42 Å². The fourth-order valence-electron chi connectivity index (χ4n) is 1.21. The molecule has 0 aromatic carbocycles. The lowest BCUT2D eigenvalue weighted by atomic mass is 10.2. The third kappa shape index (κ3) is 8.19. The van der Waals surface area contributed by atoms with E-state index in [9.17, 15) is 9.59 Å². The summed E-state index contributed by atoms with van der Waals surface area (Å²) >= 11 is 1.72. The van der Waals surface area contributed by atoms with Crippen molar-refractivity contribution in [3.05, 3.63) is 0 Å². The number of urea groups is 1. The zero-order valence-electron chi connectivity index (χ0n) is 11.1. The highest BCUT2D eigenvalue weighted by molar-refractivity contribution is 7.99. The number of nitrogens with one attached hydrogen (secondary N) is 2. The van der Waals surface area contributed by atoms with E-state index in [0.29, 0.717) is 18.4 Å². The van der Waals surface area contributed by atoms with Gasteiger partial charge in [0.1, 0.15) is 6.04 Å². The van der Waals surface area contributed by atoms with Gasteiger partial charge in [0.05, 0.1) is 0 Å². The van der Waals surface area contributed by atoms with Crippen LogP contribution in [-0.2, 0) is 9.53 Å². The highest BCUT2D eigenvalue weighted by Crippen LogP contribution is 2.07. The number of amides is 2. The van der Waals surface area contributed by atoms with Gasteiger partial charge in [0.15, 0.2) is 0 Å². The molecular weight excluding hydrogens is 256 g/mol. The summed E-state index contributed by atoms with van der Waals surface area (Å²) in [4.78, 5) is 22.3. The fourth-order valence-corrected chi connectivity index (χ4v) is 1.56. The second-order valence-corrected chi connectivity index (χ2v) is 5.18. The van der Waals surface area contributed by atoms with Crippen molar-refractivity contribution in [2.45, 2.75) is 31.1 Å². The first-order chi connectivity index (χ1) is 8.51. The van der Waals surface area contributed by atoms with E-state index >= 15 is 0 Å². The van der Waals surface area contributed by atoms with E-state index in [2.05, 4.69) is 17.6 Å². The Morgan fingerprint density at radius 1 is 1.39 bits per heavy atom. The van der Waals surface area contributed by atoms with Gasteiger partial charge < -0.3 is 20.5 Å². The topological polar surface area (TPSA) is 87.7 Å². The number of carbonyl (C=O) groups excluding carboxylic acids is 1. The molecule has 3 N–H and O–H groups in total. The average molecular weight is 278 g/mol. The van der Waals surface area contributed by atoms with Gasteiger partial charge in [-0.1, -0.05) is 6.92 Å². The molecule has 0 bridgehead atoms. The predicted octanol–water partition coefficient (Wildman–Crippen LogP) is 0.917. The lowest BCUT2D eigenvalue weighted by Gasteiger charge is -2.15. The van der Waals surface area contributed by atoms with Crippen LogP contribution in [-0.4, -0.2) is 54.9 Å². The van der Waals surface area contributed by atoms with Crippen molar-refractivity contribution in [2.75, 3.05) is 26.5 Å². The molecule has 2 atom stereocenters. The van der Waals surface area contributed by atoms with Crippen molar-refractivity contribution in [1.29, 1.82) is 0 Å². The monoisotopic (exact) mass is 278 g/mol. The SMILES string of the molecule is COCCC(NC(=O)NCCC(C)SC)C(=O)O. The van der Waals surface area contributed by atoms with Crippen LogP contribution in [0.2, 0.25) is 0 Å². The van der Waals surface area contributed by atoms with Gasteiger partial charge in [-0.2, -0.15) is 11.8 Å². The molecule has 2 amide bonds. The fraction of sp³-hybridized carbons (Fsp3) is 0.818. The quantitative estimate of drug-likeness (QED) is 0.583. The molecule has 7 heteroatoms. The maximum absolute atomic E-state index is 11.5. The minimum atomic E-state index is -1.06. The van der Waals surface area contributed by atoms with Crippen LogP contribution in [0.1, 0.15) is 19.8 Å². The van der Waals surface area contributed by atoms with Crippen molar-refractivity contribution < 1.29 is 19.4 Å². The van der Waals surface area contributed by atoms with Gasteiger partial charge >= 0.3 is 12.0 Å². The molecule has 0 spiro atoms. The number of aliphatic carboxylic acids is 1. The summed E-state index contributed by atoms with van der Waals surface area (Å²) in [6.45, 7) is 2.90. The number of ether oxygens (including phenoxy) is 1. The van der Waals surface area contributed by atoms with Crippen LogP contribution in [0.15, 0.2) is 0 Å². The summed E-state index contributed by atoms with van der Waals surface area (Å²) in [7, 11) is 1.49. The lowest BCUT2D eigenvalue weighted by Crippen LogP contribution is -2.46. The summed E-state index contributed by atoms with van der Waals surface area (Å²) in [5.74, 6) is -1.06. The smallest absolute Gasteiger partial charge is 0.326 e. The number of hydrogen-bond acceptors (Lipinski definition) is 4. The molecule has 0 heterocycles. The maximum Gasteiger partial charge on any atom is 0.326 e. The Hall–Kier alpha value is -0.950. The summed E-state index contributed by atoms with van der Waals surface area (Å²) in [6.07, 6.45) is 3.11. The van der Waals surface area contributed by atoms with E-state index in [4.69, 9.17) is 9.84 Å². The molecule has 2 unspecified atom stereocenters. The van der Waals surface area contributed by atoms with Crippen LogP contribution in [0.5, 0.6) is 0 Å². The second-order valence-electron chi connectivity index (χ2n) is 3.91. The van der Waals surface area contributed by atoms with Crippen molar-refractivity contribution in [1.82, 2.24) is 10.6 Å². The van der Waals surface area contributed by atoms with Crippen molar-refractivity contribution in [3.8, 4) is 0 Å². The number of hydrogen-bond donors (Lipinski definition) is 3. The summed E-state index contributed by atoms with van der Waals surface area (Å²) in [5, 5.41) is 14.4. The van der Waals surface area contributed by atoms with E-state index in [1.165, 1.54) is 7.11 Å². The first kappa shape index (κ1) is 17.1. The molecular formula is C11H22N2O4S. The van der Waals surface area contributed by atoms with Gasteiger partial charge in [-0.15, -0.1) is 0 Å². The van der Waals surface area contributed by atoms with E-state index in [-0.39, 0.29) is 6.42 Å². The molecule has 0 aliphatic carbocycles. The molecule has 0 radical (unpaired) electrons. The third-order valence-corrected chi connectivity index (χ3v) is 3.49. The van der Waals surface area contributed by atoms with Gasteiger partial charge in [0.2, 0.25) is 0 Å². The summed E-state index contributed by atoms with van der Waals surface area (Å²) in [5.41, 5.74) is 0. The van der Waals surface area contributed by atoms with Crippen molar-refractivity contribution in [3.63, 3.8) is 0 Å². The van der Waals surface area contributed by atoms with Gasteiger partial charge in [0, 0.05) is 31.9 Å². The van der Waals surface area contributed by atoms with E-state index in [1.54, 1.807) is 11.8 Å². The maximum atomic E-state index is 11.5. The molecule has 0 aliphatic heterocycles. The van der Waals surface area contributed by atoms with E-state index < -0.39 is 18.0 Å². The Morgan fingerprint density at radius 3 is 2.56 bits per heavy atom. The van der Waals surface area contributed by atoms with Gasteiger partial charge in [-0.05, 0) is 12.7 Å². The highest BCUT2D eigenvalue weighted by Gasteiger charge is 2.19. The standard InChI is InChI=1S/C11H22N2O4S/c1-8(18-3)4-6-12-11(16)13-9(10(14)15)5-7-17-2/h8-9H,4-7H2,1-3H3,(H,14,15)(H2,12,13,16). The number of carbonyl (C=O) groups is 2.